The van der Waals surface area contributed by atoms with Crippen molar-refractivity contribution in [3.05, 3.63) is 151 Å². The maximum absolute atomic E-state index is 8.79. The van der Waals surface area contributed by atoms with Gasteiger partial charge in [-0.3, -0.25) is 4.68 Å². The van der Waals surface area contributed by atoms with E-state index < -0.39 is 12.7 Å². The quantitative estimate of drug-likeness (QED) is 0.151. The van der Waals surface area contributed by atoms with Gasteiger partial charge in [0.25, 0.3) is 0 Å². The first-order valence-corrected chi connectivity index (χ1v) is 15.8. The predicted octanol–water partition coefficient (Wildman–Crippen LogP) is 9.98. The van der Waals surface area contributed by atoms with Crippen LogP contribution in [0.5, 0.6) is 11.5 Å². The number of para-hydroxylation sites is 3. The van der Waals surface area contributed by atoms with Crippen LogP contribution in [0, 0.1) is 12.1 Å². The fourth-order valence-electron chi connectivity index (χ4n) is 6.78. The van der Waals surface area contributed by atoms with Crippen LogP contribution in [0.2, 0.25) is 0 Å². The Morgan fingerprint density at radius 3 is 2.12 bits per heavy atom. The molecule has 0 spiro atoms. The molecule has 6 nitrogen and oxygen atoms in total. The predicted molar refractivity (Wildman–Crippen MR) is 193 cm³/mol. The van der Waals surface area contributed by atoms with Gasteiger partial charge in [0.05, 0.1) is 16.7 Å². The van der Waals surface area contributed by atoms with Crippen LogP contribution in [-0.4, -0.2) is 23.9 Å². The number of aryl methyl sites for hydroxylation is 2. The van der Waals surface area contributed by atoms with Gasteiger partial charge in [-0.25, -0.2) is 4.98 Å². The van der Waals surface area contributed by atoms with E-state index in [4.69, 9.17) is 15.2 Å². The van der Waals surface area contributed by atoms with E-state index in [9.17, 15) is 0 Å². The summed E-state index contributed by atoms with van der Waals surface area (Å²) in [5, 5.41) is 8.01. The van der Waals surface area contributed by atoms with Gasteiger partial charge >= 0.3 is 21.1 Å². The largest absolute Gasteiger partial charge is 2.00 e. The van der Waals surface area contributed by atoms with Crippen molar-refractivity contribution in [2.75, 3.05) is 0 Å². The number of aromatic nitrogens is 5. The SMILES string of the molecule is [2H]C([2H])(C)c1cccc2c3cccc(C([2H])([2H])C)c3n(-c3ccnc(-n4c5[c-]c(Oc6[c-]c(-n7cccn7)ccc6)ccc5c5ccccc54)c3)c12.[Pt+2]. The van der Waals surface area contributed by atoms with Gasteiger partial charge in [-0.15, -0.1) is 35.7 Å². The number of hydrogen-bond donors (Lipinski definition) is 0. The Morgan fingerprint density at radius 2 is 1.39 bits per heavy atom. The van der Waals surface area contributed by atoms with Crippen LogP contribution in [0.15, 0.2) is 128 Å². The zero-order valence-corrected chi connectivity index (χ0v) is 28.9. The van der Waals surface area contributed by atoms with Gasteiger partial charge in [0, 0.05) is 57.9 Å². The summed E-state index contributed by atoms with van der Waals surface area (Å²) in [6.07, 6.45) is 1.98. The molecule has 9 rings (SSSR count). The third kappa shape index (κ3) is 5.06. The summed E-state index contributed by atoms with van der Waals surface area (Å²) < 4.78 is 47.3. The van der Waals surface area contributed by atoms with Crippen LogP contribution in [0.25, 0.3) is 60.8 Å². The molecule has 7 heteroatoms. The van der Waals surface area contributed by atoms with Gasteiger partial charge in [0.2, 0.25) is 0 Å². The van der Waals surface area contributed by atoms with Crippen molar-refractivity contribution in [1.82, 2.24) is 23.9 Å². The van der Waals surface area contributed by atoms with Crippen molar-refractivity contribution in [2.24, 2.45) is 0 Å². The first kappa shape index (κ1) is 26.5. The molecule has 0 aliphatic heterocycles. The number of hydrogen-bond acceptors (Lipinski definition) is 3. The number of fused-ring (bicyclic) bond motifs is 6. The molecule has 0 aliphatic rings. The van der Waals surface area contributed by atoms with Crippen LogP contribution in [0.1, 0.15) is 30.5 Å². The summed E-state index contributed by atoms with van der Waals surface area (Å²) in [6.45, 7) is 3.11. The standard InChI is InChI=1S/C42H31N5O.Pt/c1-3-28-11-7-16-36-37-17-8-12-29(4-2)42(37)46(41(28)36)31-21-23-43-40(26-31)47-38-18-6-5-15-34(38)35-20-19-33(27-39(35)47)48-32-14-9-13-30(25-32)45-24-10-22-44-45;/h5-24,26H,3-4H2,1-2H3;/q-2;+2/i3D2,4D2;. The average molecular weight is 821 g/mol. The maximum atomic E-state index is 8.79. The zero-order valence-electron chi connectivity index (χ0n) is 30.6. The second kappa shape index (κ2) is 12.5. The van der Waals surface area contributed by atoms with Crippen LogP contribution >= 0.6 is 0 Å². The van der Waals surface area contributed by atoms with Crippen LogP contribution < -0.4 is 4.74 Å². The molecule has 0 saturated carbocycles. The third-order valence-corrected chi connectivity index (χ3v) is 8.85. The molecular formula is C42H31N5OPt. The van der Waals surface area contributed by atoms with Crippen molar-refractivity contribution in [3.8, 4) is 28.7 Å². The Bertz CT molecular complexity index is 2740. The Hall–Kier alpha value is -5.45. The van der Waals surface area contributed by atoms with Crippen molar-refractivity contribution in [2.45, 2.75) is 26.6 Å². The summed E-state index contributed by atoms with van der Waals surface area (Å²) >= 11 is 0. The molecule has 9 aromatic rings. The molecule has 0 N–H and O–H groups in total. The molecule has 0 atom stereocenters. The molecule has 5 aromatic carbocycles. The summed E-state index contributed by atoms with van der Waals surface area (Å²) in [5.74, 6) is 1.65. The number of benzene rings is 5. The monoisotopic (exact) mass is 820 g/mol. The second-order valence-electron chi connectivity index (χ2n) is 11.5. The molecule has 0 fully saturated rings. The summed E-state index contributed by atoms with van der Waals surface area (Å²) in [7, 11) is 0. The van der Waals surface area contributed by atoms with E-state index in [1.165, 1.54) is 0 Å². The van der Waals surface area contributed by atoms with E-state index >= 15 is 0 Å². The van der Waals surface area contributed by atoms with Crippen LogP contribution in [-0.2, 0) is 33.8 Å². The smallest absolute Gasteiger partial charge is 0.509 e. The Morgan fingerprint density at radius 1 is 0.673 bits per heavy atom. The molecule has 0 radical (unpaired) electrons. The fourth-order valence-corrected chi connectivity index (χ4v) is 6.78. The third-order valence-electron chi connectivity index (χ3n) is 8.85. The Balaban J connectivity index is 0.00000400. The number of rotatable bonds is 7. The topological polar surface area (TPSA) is 49.8 Å². The van der Waals surface area contributed by atoms with Gasteiger partial charge in [0.15, 0.2) is 0 Å². The molecule has 0 amide bonds. The van der Waals surface area contributed by atoms with E-state index in [0.29, 0.717) is 39.5 Å². The minimum Gasteiger partial charge on any atom is -0.509 e. The first-order chi connectivity index (χ1) is 25.1. The average Bonchev–Trinajstić information content (AvgIpc) is 3.86. The van der Waals surface area contributed by atoms with Crippen molar-refractivity contribution < 1.29 is 31.3 Å². The molecule has 4 heterocycles. The van der Waals surface area contributed by atoms with Gasteiger partial charge in [-0.2, -0.15) is 17.2 Å². The Kier molecular flexibility index (Phi) is 6.78. The summed E-state index contributed by atoms with van der Waals surface area (Å²) in [4.78, 5) is 4.87. The minimum absolute atomic E-state index is 0. The van der Waals surface area contributed by atoms with Crippen molar-refractivity contribution in [3.63, 3.8) is 0 Å². The van der Waals surface area contributed by atoms with Gasteiger partial charge in [0.1, 0.15) is 5.82 Å². The number of ether oxygens (including phenoxy) is 1. The number of pyridine rings is 1. The van der Waals surface area contributed by atoms with E-state index in [-0.39, 0.29) is 21.1 Å². The maximum Gasteiger partial charge on any atom is 2.00 e. The summed E-state index contributed by atoms with van der Waals surface area (Å²) in [6, 6.07) is 41.5. The van der Waals surface area contributed by atoms with Crippen molar-refractivity contribution >= 4 is 43.6 Å². The summed E-state index contributed by atoms with van der Waals surface area (Å²) in [5.41, 5.74) is 5.59. The van der Waals surface area contributed by atoms with Crippen LogP contribution in [0.3, 0.4) is 0 Å². The van der Waals surface area contributed by atoms with E-state index in [1.807, 2.05) is 114 Å². The molecule has 0 saturated heterocycles. The van der Waals surface area contributed by atoms with Gasteiger partial charge in [-0.1, -0.05) is 74.0 Å². The van der Waals surface area contributed by atoms with Gasteiger partial charge in [-0.05, 0) is 53.1 Å². The normalized spacial score (nSPS) is 13.3. The molecule has 0 unspecified atom stereocenters. The van der Waals surface area contributed by atoms with E-state index in [1.54, 1.807) is 30.9 Å². The number of nitrogens with zero attached hydrogens (tertiary/aromatic N) is 5. The van der Waals surface area contributed by atoms with Gasteiger partial charge < -0.3 is 13.9 Å². The first-order valence-electron chi connectivity index (χ1n) is 17.8. The minimum atomic E-state index is -1.67. The van der Waals surface area contributed by atoms with Crippen LogP contribution in [0.4, 0.5) is 0 Å². The molecule has 240 valence electrons. The molecule has 0 aliphatic carbocycles. The zero-order chi connectivity index (χ0) is 35.8. The second-order valence-corrected chi connectivity index (χ2v) is 11.5. The fraction of sp³-hybridized carbons (Fsp3) is 0.0952. The molecule has 4 aromatic heterocycles. The Labute approximate surface area is 304 Å². The molecule has 0 bridgehead atoms. The molecule has 49 heavy (non-hydrogen) atoms. The van der Waals surface area contributed by atoms with E-state index in [0.717, 1.165) is 44.0 Å². The molecular weight excluding hydrogens is 786 g/mol. The van der Waals surface area contributed by atoms with Crippen molar-refractivity contribution in [1.29, 1.82) is 0 Å². The van der Waals surface area contributed by atoms with E-state index in [2.05, 4.69) is 27.9 Å².